The van der Waals surface area contributed by atoms with Crippen molar-refractivity contribution in [3.8, 4) is 0 Å². The first-order valence-corrected chi connectivity index (χ1v) is 2.87. The molecule has 0 aliphatic rings. The lowest BCUT2D eigenvalue weighted by molar-refractivity contribution is 0.696. The van der Waals surface area contributed by atoms with Gasteiger partial charge in [0.25, 0.3) is 0 Å². The molecule has 0 fully saturated rings. The third kappa shape index (κ3) is 3.55. The molecule has 0 saturated carbocycles. The summed E-state index contributed by atoms with van der Waals surface area (Å²) in [6.45, 7) is 0.631. The van der Waals surface area contributed by atoms with Gasteiger partial charge < -0.3 is 5.73 Å². The predicted molar refractivity (Wildman–Crippen MR) is 48.3 cm³/mol. The molecule has 0 radical (unpaired) electrons. The van der Waals surface area contributed by atoms with Crippen molar-refractivity contribution in [3.05, 3.63) is 12.2 Å². The van der Waals surface area contributed by atoms with Crippen molar-refractivity contribution >= 4 is 24.8 Å². The molecule has 0 spiro atoms. The second-order valence-corrected chi connectivity index (χ2v) is 1.84. The first-order valence-electron chi connectivity index (χ1n) is 2.87. The fourth-order valence-corrected chi connectivity index (χ4v) is 0.676. The fourth-order valence-electron chi connectivity index (χ4n) is 0.676. The van der Waals surface area contributed by atoms with Crippen molar-refractivity contribution in [1.82, 2.24) is 14.8 Å². The molecule has 0 aliphatic heterocycles. The number of aryl methyl sites for hydroxylation is 1. The Morgan fingerprint density at radius 1 is 1.55 bits per heavy atom. The van der Waals surface area contributed by atoms with Crippen molar-refractivity contribution in [2.45, 2.75) is 6.42 Å². The quantitative estimate of drug-likeness (QED) is 0.738. The van der Waals surface area contributed by atoms with E-state index >= 15 is 0 Å². The van der Waals surface area contributed by atoms with Gasteiger partial charge in [-0.3, -0.25) is 4.68 Å². The Morgan fingerprint density at radius 2 is 2.18 bits per heavy atom. The van der Waals surface area contributed by atoms with Crippen molar-refractivity contribution in [3.63, 3.8) is 0 Å². The third-order valence-corrected chi connectivity index (χ3v) is 1.17. The molecular formula is C5H12Cl2N4. The van der Waals surface area contributed by atoms with Crippen LogP contribution in [-0.4, -0.2) is 21.3 Å². The summed E-state index contributed by atoms with van der Waals surface area (Å²) in [5.74, 6) is 0.942. The average molecular weight is 199 g/mol. The van der Waals surface area contributed by atoms with Crippen LogP contribution < -0.4 is 5.73 Å². The summed E-state index contributed by atoms with van der Waals surface area (Å²) >= 11 is 0. The zero-order chi connectivity index (χ0) is 6.69. The summed E-state index contributed by atoms with van der Waals surface area (Å²) in [6.07, 6.45) is 2.33. The van der Waals surface area contributed by atoms with E-state index in [2.05, 4.69) is 10.1 Å². The molecule has 4 nitrogen and oxygen atoms in total. The summed E-state index contributed by atoms with van der Waals surface area (Å²) in [6, 6.07) is 0. The van der Waals surface area contributed by atoms with Crippen LogP contribution in [0.4, 0.5) is 0 Å². The molecular weight excluding hydrogens is 187 g/mol. The molecule has 0 amide bonds. The minimum atomic E-state index is 0. The van der Waals surface area contributed by atoms with Crippen LogP contribution in [0.3, 0.4) is 0 Å². The zero-order valence-corrected chi connectivity index (χ0v) is 7.86. The maximum atomic E-state index is 5.31. The first kappa shape index (κ1) is 13.3. The Bertz CT molecular complexity index is 188. The number of nitrogens with zero attached hydrogens (tertiary/aromatic N) is 3. The van der Waals surface area contributed by atoms with E-state index in [0.717, 1.165) is 12.2 Å². The van der Waals surface area contributed by atoms with Crippen LogP contribution in [0.25, 0.3) is 0 Å². The minimum Gasteiger partial charge on any atom is -0.330 e. The van der Waals surface area contributed by atoms with Gasteiger partial charge in [0.05, 0.1) is 0 Å². The van der Waals surface area contributed by atoms with E-state index in [-0.39, 0.29) is 24.8 Å². The summed E-state index contributed by atoms with van der Waals surface area (Å²) < 4.78 is 1.73. The number of hydrogen-bond donors (Lipinski definition) is 1. The summed E-state index contributed by atoms with van der Waals surface area (Å²) in [7, 11) is 1.86. The lowest BCUT2D eigenvalue weighted by Gasteiger charge is -1.93. The van der Waals surface area contributed by atoms with Gasteiger partial charge in [0, 0.05) is 13.5 Å². The zero-order valence-electron chi connectivity index (χ0n) is 6.23. The number of hydrogen-bond acceptors (Lipinski definition) is 3. The summed E-state index contributed by atoms with van der Waals surface area (Å²) in [5.41, 5.74) is 5.31. The molecule has 1 heterocycles. The molecule has 0 saturated heterocycles. The van der Waals surface area contributed by atoms with Crippen molar-refractivity contribution in [1.29, 1.82) is 0 Å². The Hall–Kier alpha value is -0.320. The van der Waals surface area contributed by atoms with E-state index < -0.39 is 0 Å². The van der Waals surface area contributed by atoms with Gasteiger partial charge in [-0.25, -0.2) is 4.98 Å². The monoisotopic (exact) mass is 198 g/mol. The molecule has 0 bridgehead atoms. The van der Waals surface area contributed by atoms with E-state index in [1.165, 1.54) is 6.33 Å². The molecule has 0 atom stereocenters. The number of halogens is 2. The Balaban J connectivity index is 0. The Morgan fingerprint density at radius 3 is 2.55 bits per heavy atom. The fraction of sp³-hybridized carbons (Fsp3) is 0.600. The number of nitrogens with two attached hydrogens (primary N) is 1. The largest absolute Gasteiger partial charge is 0.330 e. The molecule has 0 aliphatic carbocycles. The standard InChI is InChI=1S/C5H10N4.2ClH/c1-9-5(2-3-6)7-4-8-9;;/h4H,2-3,6H2,1H3;2*1H. The molecule has 2 N–H and O–H groups in total. The van der Waals surface area contributed by atoms with Gasteiger partial charge in [-0.1, -0.05) is 0 Å². The molecule has 6 heteroatoms. The minimum absolute atomic E-state index is 0. The first-order chi connectivity index (χ1) is 4.34. The highest BCUT2D eigenvalue weighted by atomic mass is 35.5. The second-order valence-electron chi connectivity index (χ2n) is 1.84. The smallest absolute Gasteiger partial charge is 0.138 e. The van der Waals surface area contributed by atoms with E-state index in [0.29, 0.717) is 6.54 Å². The average Bonchev–Trinajstić information content (AvgIpc) is 2.18. The molecule has 11 heavy (non-hydrogen) atoms. The molecule has 0 aromatic carbocycles. The van der Waals surface area contributed by atoms with Crippen LogP contribution in [0.5, 0.6) is 0 Å². The van der Waals surface area contributed by atoms with Gasteiger partial charge in [0.1, 0.15) is 12.2 Å². The predicted octanol–water partition coefficient (Wildman–Crippen LogP) is 0.160. The van der Waals surface area contributed by atoms with Gasteiger partial charge in [-0.05, 0) is 6.54 Å². The maximum Gasteiger partial charge on any atom is 0.138 e. The van der Waals surface area contributed by atoms with Crippen LogP contribution in [0.1, 0.15) is 5.82 Å². The van der Waals surface area contributed by atoms with Crippen molar-refractivity contribution in [2.75, 3.05) is 6.54 Å². The highest BCUT2D eigenvalue weighted by Gasteiger charge is 1.95. The Labute approximate surface area is 78.0 Å². The molecule has 66 valence electrons. The summed E-state index contributed by atoms with van der Waals surface area (Å²) in [5, 5.41) is 3.89. The highest BCUT2D eigenvalue weighted by Crippen LogP contribution is 1.88. The molecule has 1 rings (SSSR count). The topological polar surface area (TPSA) is 56.7 Å². The van der Waals surface area contributed by atoms with Gasteiger partial charge in [-0.2, -0.15) is 5.10 Å². The third-order valence-electron chi connectivity index (χ3n) is 1.17. The normalized spacial score (nSPS) is 8.18. The van der Waals surface area contributed by atoms with E-state index in [1.807, 2.05) is 7.05 Å². The van der Waals surface area contributed by atoms with Gasteiger partial charge >= 0.3 is 0 Å². The second kappa shape index (κ2) is 6.39. The molecule has 1 aromatic heterocycles. The summed E-state index contributed by atoms with van der Waals surface area (Å²) in [4.78, 5) is 3.98. The lowest BCUT2D eigenvalue weighted by Crippen LogP contribution is -2.08. The van der Waals surface area contributed by atoms with Gasteiger partial charge in [0.2, 0.25) is 0 Å². The van der Waals surface area contributed by atoms with Crippen LogP contribution in [-0.2, 0) is 13.5 Å². The van der Waals surface area contributed by atoms with E-state index in [4.69, 9.17) is 5.73 Å². The van der Waals surface area contributed by atoms with Gasteiger partial charge in [0.15, 0.2) is 0 Å². The van der Waals surface area contributed by atoms with Crippen LogP contribution in [0.15, 0.2) is 6.33 Å². The van der Waals surface area contributed by atoms with Crippen molar-refractivity contribution in [2.24, 2.45) is 12.8 Å². The number of aromatic nitrogens is 3. The van der Waals surface area contributed by atoms with Gasteiger partial charge in [-0.15, -0.1) is 24.8 Å². The van der Waals surface area contributed by atoms with Crippen LogP contribution >= 0.6 is 24.8 Å². The highest BCUT2D eigenvalue weighted by molar-refractivity contribution is 5.85. The van der Waals surface area contributed by atoms with E-state index in [9.17, 15) is 0 Å². The molecule has 1 aromatic rings. The maximum absolute atomic E-state index is 5.31. The van der Waals surface area contributed by atoms with E-state index in [1.54, 1.807) is 4.68 Å². The Kier molecular flexibility index (Phi) is 7.72. The van der Waals surface area contributed by atoms with Crippen molar-refractivity contribution < 1.29 is 0 Å². The molecule has 0 unspecified atom stereocenters. The number of rotatable bonds is 2. The SMILES string of the molecule is Cl.Cl.Cn1ncnc1CCN. The van der Waals surface area contributed by atoms with Crippen LogP contribution in [0.2, 0.25) is 0 Å². The van der Waals surface area contributed by atoms with Crippen LogP contribution in [0, 0.1) is 0 Å². The lowest BCUT2D eigenvalue weighted by atomic mass is 10.4.